The van der Waals surface area contributed by atoms with E-state index >= 15 is 0 Å². The van der Waals surface area contributed by atoms with Gasteiger partial charge in [0.15, 0.2) is 9.84 Å². The zero-order valence-electron chi connectivity index (χ0n) is 18.8. The molecule has 1 heterocycles. The first-order chi connectivity index (χ1) is 14.0. The zero-order chi connectivity index (χ0) is 23.8. The third-order valence-corrected chi connectivity index (χ3v) is 5.05. The normalized spacial score (nSPS) is 12.4. The summed E-state index contributed by atoms with van der Waals surface area (Å²) in [4.78, 5) is 30.2. The summed E-state index contributed by atoms with van der Waals surface area (Å²) in [6.07, 6.45) is 2.31. The first-order valence-electron chi connectivity index (χ1n) is 9.56. The number of carbonyl (C=O) groups excluding carboxylic acids is 2. The average molecular weight is 449 g/mol. The van der Waals surface area contributed by atoms with E-state index in [0.717, 1.165) is 6.26 Å². The minimum absolute atomic E-state index is 0.0264. The topological polar surface area (TPSA) is 126 Å². The van der Waals surface area contributed by atoms with Crippen molar-refractivity contribution in [3.05, 3.63) is 41.6 Å². The van der Waals surface area contributed by atoms with Crippen molar-refractivity contribution in [3.8, 4) is 11.1 Å². The van der Waals surface area contributed by atoms with E-state index < -0.39 is 33.0 Å². The number of benzene rings is 1. The summed E-state index contributed by atoms with van der Waals surface area (Å²) in [6.45, 7) is 10.0. The van der Waals surface area contributed by atoms with E-state index in [2.05, 4.69) is 4.98 Å². The minimum Gasteiger partial charge on any atom is -0.456 e. The van der Waals surface area contributed by atoms with Crippen LogP contribution < -0.4 is 5.73 Å². The summed E-state index contributed by atoms with van der Waals surface area (Å²) in [6, 6.07) is 6.11. The fourth-order valence-corrected chi connectivity index (χ4v) is 3.72. The Balaban J connectivity index is 2.90. The van der Waals surface area contributed by atoms with Crippen LogP contribution in [-0.2, 0) is 19.3 Å². The third-order valence-electron chi connectivity index (χ3n) is 3.89. The van der Waals surface area contributed by atoms with Crippen molar-refractivity contribution in [2.75, 3.05) is 12.0 Å². The summed E-state index contributed by atoms with van der Waals surface area (Å²) in [5.41, 5.74) is 4.05. The molecule has 0 saturated heterocycles. The number of nitrogen functional groups attached to an aromatic ring is 1. The Morgan fingerprint density at radius 3 is 1.84 bits per heavy atom. The monoisotopic (exact) mass is 448 g/mol. The van der Waals surface area contributed by atoms with Gasteiger partial charge in [0.2, 0.25) is 0 Å². The molecule has 2 aromatic rings. The van der Waals surface area contributed by atoms with Crippen LogP contribution >= 0.6 is 0 Å². The smallest absolute Gasteiger partial charge is 0.343 e. The van der Waals surface area contributed by atoms with Crippen LogP contribution in [0.4, 0.5) is 5.82 Å². The molecule has 31 heavy (non-hydrogen) atoms. The predicted octanol–water partition coefficient (Wildman–Crippen LogP) is 3.64. The van der Waals surface area contributed by atoms with Gasteiger partial charge in [-0.15, -0.1) is 0 Å². The number of carbonyl (C=O) groups is 2. The summed E-state index contributed by atoms with van der Waals surface area (Å²) in [5, 5.41) is 0. The van der Waals surface area contributed by atoms with E-state index in [-0.39, 0.29) is 33.0 Å². The van der Waals surface area contributed by atoms with Gasteiger partial charge < -0.3 is 15.2 Å². The molecule has 8 nitrogen and oxygen atoms in total. The van der Waals surface area contributed by atoms with Gasteiger partial charge in [0.1, 0.15) is 22.6 Å². The molecule has 1 aromatic carbocycles. The van der Waals surface area contributed by atoms with Gasteiger partial charge in [-0.25, -0.2) is 23.0 Å². The molecular formula is C22H28N2O6S. The summed E-state index contributed by atoms with van der Waals surface area (Å²) in [7, 11) is -3.66. The molecule has 0 bridgehead atoms. The van der Waals surface area contributed by atoms with Crippen molar-refractivity contribution in [1.29, 1.82) is 0 Å². The molecule has 2 rings (SSSR count). The third kappa shape index (κ3) is 6.04. The second-order valence-electron chi connectivity index (χ2n) is 9.08. The molecule has 168 valence electrons. The molecule has 2 N–H and O–H groups in total. The highest BCUT2D eigenvalue weighted by molar-refractivity contribution is 7.90. The van der Waals surface area contributed by atoms with Gasteiger partial charge in [-0.2, -0.15) is 0 Å². The molecule has 9 heteroatoms. The number of aromatic nitrogens is 1. The van der Waals surface area contributed by atoms with Crippen molar-refractivity contribution < 1.29 is 27.5 Å². The van der Waals surface area contributed by atoms with Crippen molar-refractivity contribution in [1.82, 2.24) is 4.98 Å². The largest absolute Gasteiger partial charge is 0.456 e. The zero-order valence-corrected chi connectivity index (χ0v) is 19.6. The molecule has 0 atom stereocenters. The number of rotatable bonds is 4. The van der Waals surface area contributed by atoms with Crippen LogP contribution in [0.1, 0.15) is 62.3 Å². The molecular weight excluding hydrogens is 420 g/mol. The van der Waals surface area contributed by atoms with Crippen LogP contribution in [0.25, 0.3) is 11.1 Å². The van der Waals surface area contributed by atoms with Gasteiger partial charge in [-0.1, -0.05) is 18.2 Å². The Kier molecular flexibility index (Phi) is 6.51. The second-order valence-corrected chi connectivity index (χ2v) is 11.1. The lowest BCUT2D eigenvalue weighted by Crippen LogP contribution is -2.29. The van der Waals surface area contributed by atoms with E-state index in [4.69, 9.17) is 15.2 Å². The number of ether oxygens (including phenoxy) is 2. The molecule has 1 aromatic heterocycles. The molecule has 0 spiro atoms. The van der Waals surface area contributed by atoms with E-state index in [1.807, 2.05) is 0 Å². The van der Waals surface area contributed by atoms with E-state index in [1.165, 1.54) is 18.3 Å². The molecule has 0 aliphatic heterocycles. The standard InChI is InChI=1S/C22H28N2O6S/c1-21(2,3)29-19(25)16-14(13-10-8-9-11-15(13)31(7,27)28)12-24-18(23)17(16)20(26)30-22(4,5)6/h8-12H,1-7H3,(H2,23,24). The van der Waals surface area contributed by atoms with Gasteiger partial charge in [0.05, 0.1) is 10.5 Å². The Morgan fingerprint density at radius 2 is 1.35 bits per heavy atom. The van der Waals surface area contributed by atoms with Crippen LogP contribution in [-0.4, -0.2) is 42.8 Å². The van der Waals surface area contributed by atoms with Crippen molar-refractivity contribution in [3.63, 3.8) is 0 Å². The van der Waals surface area contributed by atoms with Gasteiger partial charge in [0, 0.05) is 23.6 Å². The van der Waals surface area contributed by atoms with Crippen LogP contribution in [0.2, 0.25) is 0 Å². The van der Waals surface area contributed by atoms with Gasteiger partial charge in [0.25, 0.3) is 0 Å². The number of pyridine rings is 1. The highest BCUT2D eigenvalue weighted by Crippen LogP contribution is 2.35. The maximum atomic E-state index is 13.2. The molecule has 0 aliphatic rings. The first kappa shape index (κ1) is 24.3. The van der Waals surface area contributed by atoms with Gasteiger partial charge in [-0.05, 0) is 47.6 Å². The predicted molar refractivity (Wildman–Crippen MR) is 118 cm³/mol. The number of nitrogens with zero attached hydrogens (tertiary/aromatic N) is 1. The number of nitrogens with two attached hydrogens (primary N) is 1. The van der Waals surface area contributed by atoms with Crippen molar-refractivity contribution in [2.24, 2.45) is 0 Å². The number of hydrogen-bond donors (Lipinski definition) is 1. The van der Waals surface area contributed by atoms with Crippen molar-refractivity contribution in [2.45, 2.75) is 57.6 Å². The maximum Gasteiger partial charge on any atom is 0.343 e. The molecule has 0 fully saturated rings. The number of anilines is 1. The van der Waals surface area contributed by atoms with E-state index in [0.29, 0.717) is 0 Å². The summed E-state index contributed by atoms with van der Waals surface area (Å²) in [5.74, 6) is -1.94. The quantitative estimate of drug-likeness (QED) is 0.703. The second kappa shape index (κ2) is 8.30. The lowest BCUT2D eigenvalue weighted by molar-refractivity contribution is 0.00198. The summed E-state index contributed by atoms with van der Waals surface area (Å²) >= 11 is 0. The molecule has 0 radical (unpaired) electrons. The highest BCUT2D eigenvalue weighted by Gasteiger charge is 2.33. The Morgan fingerprint density at radius 1 is 0.871 bits per heavy atom. The molecule has 0 saturated carbocycles. The van der Waals surface area contributed by atoms with Crippen molar-refractivity contribution >= 4 is 27.6 Å². The number of esters is 2. The number of sulfone groups is 1. The lowest BCUT2D eigenvalue weighted by Gasteiger charge is -2.24. The van der Waals surface area contributed by atoms with E-state index in [9.17, 15) is 18.0 Å². The first-order valence-corrected chi connectivity index (χ1v) is 11.4. The van der Waals surface area contributed by atoms with Crippen LogP contribution in [0.15, 0.2) is 35.4 Å². The molecule has 0 amide bonds. The van der Waals surface area contributed by atoms with Crippen LogP contribution in [0.5, 0.6) is 0 Å². The molecule has 0 aliphatic carbocycles. The lowest BCUT2D eigenvalue weighted by atomic mass is 9.96. The minimum atomic E-state index is -3.66. The fraction of sp³-hybridized carbons (Fsp3) is 0.409. The van der Waals surface area contributed by atoms with Gasteiger partial charge >= 0.3 is 11.9 Å². The highest BCUT2D eigenvalue weighted by atomic mass is 32.2. The number of hydrogen-bond acceptors (Lipinski definition) is 8. The summed E-state index contributed by atoms with van der Waals surface area (Å²) < 4.78 is 35.7. The SMILES string of the molecule is CC(C)(C)OC(=O)c1c(-c2ccccc2S(C)(=O)=O)cnc(N)c1C(=O)OC(C)(C)C. The fourth-order valence-electron chi connectivity index (χ4n) is 2.82. The Bertz CT molecular complexity index is 1130. The van der Waals surface area contributed by atoms with Crippen LogP contribution in [0, 0.1) is 0 Å². The maximum absolute atomic E-state index is 13.2. The average Bonchev–Trinajstić information content (AvgIpc) is 2.57. The van der Waals surface area contributed by atoms with Gasteiger partial charge in [-0.3, -0.25) is 0 Å². The molecule has 0 unspecified atom stereocenters. The van der Waals surface area contributed by atoms with E-state index in [1.54, 1.807) is 53.7 Å². The Hall–Kier alpha value is -2.94. The van der Waals surface area contributed by atoms with Crippen LogP contribution in [0.3, 0.4) is 0 Å². The Labute approximate surface area is 182 Å².